The van der Waals surface area contributed by atoms with Crippen molar-refractivity contribution in [3.8, 4) is 0 Å². The van der Waals surface area contributed by atoms with Crippen LogP contribution >= 0.6 is 15.9 Å². The summed E-state index contributed by atoms with van der Waals surface area (Å²) in [5.74, 6) is -1.30. The molecule has 0 saturated heterocycles. The van der Waals surface area contributed by atoms with E-state index in [-0.39, 0.29) is 18.9 Å². The summed E-state index contributed by atoms with van der Waals surface area (Å²) in [6.07, 6.45) is 0.237. The lowest BCUT2D eigenvalue weighted by Crippen LogP contribution is -2.46. The van der Waals surface area contributed by atoms with Crippen molar-refractivity contribution in [1.82, 2.24) is 4.90 Å². The topological polar surface area (TPSA) is 57.6 Å². The molecule has 30 heavy (non-hydrogen) atoms. The maximum Gasteiger partial charge on any atom is 0.326 e. The zero-order valence-electron chi connectivity index (χ0n) is 17.0. The summed E-state index contributed by atoms with van der Waals surface area (Å²) < 4.78 is 0.883. The number of carboxylic acids is 1. The van der Waals surface area contributed by atoms with E-state index in [2.05, 4.69) is 15.9 Å². The third-order valence-corrected chi connectivity index (χ3v) is 5.54. The number of aliphatic carboxylic acids is 1. The third-order valence-electron chi connectivity index (χ3n) is 5.05. The highest BCUT2D eigenvalue weighted by Gasteiger charge is 2.31. The summed E-state index contributed by atoms with van der Waals surface area (Å²) >= 11 is 3.45. The van der Waals surface area contributed by atoms with Crippen molar-refractivity contribution in [3.63, 3.8) is 0 Å². The minimum Gasteiger partial charge on any atom is -0.480 e. The summed E-state index contributed by atoms with van der Waals surface area (Å²) in [6.45, 7) is 4.05. The van der Waals surface area contributed by atoms with Gasteiger partial charge in [-0.15, -0.1) is 0 Å². The summed E-state index contributed by atoms with van der Waals surface area (Å²) in [6, 6.07) is 21.6. The van der Waals surface area contributed by atoms with Crippen LogP contribution in [0.25, 0.3) is 0 Å². The van der Waals surface area contributed by atoms with E-state index in [1.54, 1.807) is 6.07 Å². The Morgan fingerprint density at radius 3 is 2.27 bits per heavy atom. The standard InChI is InChI=1S/C25H24BrNO3/c1-17-11-12-22(18(2)13-17)24(28)27(16-20-9-6-10-21(26)14-20)23(25(29)30)15-19-7-4-3-5-8-19/h3-14,23H,15-16H2,1-2H3,(H,29,30)/t23-/m0/s1. The molecule has 0 aliphatic rings. The van der Waals surface area contributed by atoms with Gasteiger partial charge in [-0.1, -0.05) is 76.1 Å². The minimum absolute atomic E-state index is 0.204. The maximum absolute atomic E-state index is 13.6. The van der Waals surface area contributed by atoms with E-state index < -0.39 is 12.0 Å². The Bertz CT molecular complexity index is 1050. The molecule has 1 N–H and O–H groups in total. The first-order valence-electron chi connectivity index (χ1n) is 9.74. The molecule has 0 bridgehead atoms. The van der Waals surface area contributed by atoms with Crippen LogP contribution in [-0.4, -0.2) is 27.9 Å². The molecule has 3 aromatic carbocycles. The maximum atomic E-state index is 13.6. The van der Waals surface area contributed by atoms with E-state index in [9.17, 15) is 14.7 Å². The number of benzene rings is 3. The number of carbonyl (C=O) groups is 2. The summed E-state index contributed by atoms with van der Waals surface area (Å²) in [5.41, 5.74) is 4.15. The molecule has 3 aromatic rings. The zero-order valence-corrected chi connectivity index (χ0v) is 18.6. The van der Waals surface area contributed by atoms with Crippen LogP contribution in [0.2, 0.25) is 0 Å². The van der Waals surface area contributed by atoms with Crippen molar-refractivity contribution in [1.29, 1.82) is 0 Å². The number of hydrogen-bond donors (Lipinski definition) is 1. The Morgan fingerprint density at radius 1 is 0.933 bits per heavy atom. The van der Waals surface area contributed by atoms with Crippen LogP contribution < -0.4 is 0 Å². The predicted molar refractivity (Wildman–Crippen MR) is 122 cm³/mol. The van der Waals surface area contributed by atoms with Crippen LogP contribution in [-0.2, 0) is 17.8 Å². The second-order valence-electron chi connectivity index (χ2n) is 7.43. The normalized spacial score (nSPS) is 11.7. The average Bonchev–Trinajstić information content (AvgIpc) is 2.71. The van der Waals surface area contributed by atoms with Crippen molar-refractivity contribution in [2.45, 2.75) is 32.9 Å². The van der Waals surface area contributed by atoms with Gasteiger partial charge in [-0.3, -0.25) is 4.79 Å². The highest BCUT2D eigenvalue weighted by molar-refractivity contribution is 9.10. The summed E-state index contributed by atoms with van der Waals surface area (Å²) in [5, 5.41) is 10.0. The van der Waals surface area contributed by atoms with Gasteiger partial charge in [0.25, 0.3) is 5.91 Å². The van der Waals surface area contributed by atoms with Crippen LogP contribution in [0.15, 0.2) is 77.3 Å². The predicted octanol–water partition coefficient (Wildman–Crippen LogP) is 5.40. The molecule has 5 heteroatoms. The Hall–Kier alpha value is -2.92. The van der Waals surface area contributed by atoms with Crippen molar-refractivity contribution in [3.05, 3.63) is 105 Å². The Balaban J connectivity index is 2.02. The Kier molecular flexibility index (Phi) is 7.06. The fourth-order valence-corrected chi connectivity index (χ4v) is 3.98. The first kappa shape index (κ1) is 21.8. The van der Waals surface area contributed by atoms with Crippen molar-refractivity contribution in [2.75, 3.05) is 0 Å². The molecular weight excluding hydrogens is 442 g/mol. The van der Waals surface area contributed by atoms with Crippen molar-refractivity contribution >= 4 is 27.8 Å². The molecule has 0 saturated carbocycles. The lowest BCUT2D eigenvalue weighted by Gasteiger charge is -2.30. The van der Waals surface area contributed by atoms with Gasteiger partial charge in [0.1, 0.15) is 6.04 Å². The number of carboxylic acid groups (broad SMARTS) is 1. The quantitative estimate of drug-likeness (QED) is 0.507. The van der Waals surface area contributed by atoms with Crippen LogP contribution in [0.3, 0.4) is 0 Å². The largest absolute Gasteiger partial charge is 0.480 e. The molecule has 0 heterocycles. The highest BCUT2D eigenvalue weighted by Crippen LogP contribution is 2.21. The van der Waals surface area contributed by atoms with E-state index >= 15 is 0 Å². The molecular formula is C25H24BrNO3. The second kappa shape index (κ2) is 9.72. The van der Waals surface area contributed by atoms with Crippen molar-refractivity contribution < 1.29 is 14.7 Å². The van der Waals surface area contributed by atoms with E-state index in [1.807, 2.05) is 80.6 Å². The van der Waals surface area contributed by atoms with Gasteiger partial charge in [-0.25, -0.2) is 4.79 Å². The Morgan fingerprint density at radius 2 is 1.63 bits per heavy atom. The van der Waals surface area contributed by atoms with E-state index in [4.69, 9.17) is 0 Å². The highest BCUT2D eigenvalue weighted by atomic mass is 79.9. The number of aryl methyl sites for hydroxylation is 2. The van der Waals surface area contributed by atoms with Gasteiger partial charge in [-0.2, -0.15) is 0 Å². The van der Waals surface area contributed by atoms with Crippen LogP contribution in [0.1, 0.15) is 32.6 Å². The molecule has 0 radical (unpaired) electrons. The molecule has 1 amide bonds. The second-order valence-corrected chi connectivity index (χ2v) is 8.34. The van der Waals surface area contributed by atoms with Crippen LogP contribution in [0.5, 0.6) is 0 Å². The molecule has 0 unspecified atom stereocenters. The van der Waals surface area contributed by atoms with Gasteiger partial charge in [0, 0.05) is 23.0 Å². The Labute approximate surface area is 185 Å². The lowest BCUT2D eigenvalue weighted by molar-refractivity contribution is -0.142. The van der Waals surface area contributed by atoms with E-state index in [0.717, 1.165) is 26.7 Å². The molecule has 0 aliphatic heterocycles. The smallest absolute Gasteiger partial charge is 0.326 e. The van der Waals surface area contributed by atoms with E-state index in [0.29, 0.717) is 5.56 Å². The van der Waals surface area contributed by atoms with Gasteiger partial charge >= 0.3 is 5.97 Å². The van der Waals surface area contributed by atoms with Crippen LogP contribution in [0, 0.1) is 13.8 Å². The van der Waals surface area contributed by atoms with Crippen molar-refractivity contribution in [2.24, 2.45) is 0 Å². The number of amides is 1. The lowest BCUT2D eigenvalue weighted by atomic mass is 10.00. The molecule has 0 aromatic heterocycles. The number of halogens is 1. The summed E-state index contributed by atoms with van der Waals surface area (Å²) in [7, 11) is 0. The minimum atomic E-state index is -1.02. The number of hydrogen-bond acceptors (Lipinski definition) is 2. The number of rotatable bonds is 7. The van der Waals surface area contributed by atoms with Gasteiger partial charge in [0.15, 0.2) is 0 Å². The average molecular weight is 466 g/mol. The van der Waals surface area contributed by atoms with Gasteiger partial charge in [-0.05, 0) is 48.7 Å². The summed E-state index contributed by atoms with van der Waals surface area (Å²) in [4.78, 5) is 27.3. The fraction of sp³-hybridized carbons (Fsp3) is 0.200. The molecule has 1 atom stereocenters. The number of nitrogens with zero attached hydrogens (tertiary/aromatic N) is 1. The first-order chi connectivity index (χ1) is 14.3. The van der Waals surface area contributed by atoms with Gasteiger partial charge in [0.05, 0.1) is 0 Å². The van der Waals surface area contributed by atoms with Crippen LogP contribution in [0.4, 0.5) is 0 Å². The zero-order chi connectivity index (χ0) is 21.7. The number of carbonyl (C=O) groups excluding carboxylic acids is 1. The fourth-order valence-electron chi connectivity index (χ4n) is 3.53. The molecule has 154 valence electrons. The molecule has 3 rings (SSSR count). The molecule has 0 fully saturated rings. The monoisotopic (exact) mass is 465 g/mol. The first-order valence-corrected chi connectivity index (χ1v) is 10.5. The van der Waals surface area contributed by atoms with E-state index in [1.165, 1.54) is 4.90 Å². The molecule has 0 aliphatic carbocycles. The van der Waals surface area contributed by atoms with Gasteiger partial charge < -0.3 is 10.0 Å². The molecule has 0 spiro atoms. The third kappa shape index (κ3) is 5.36. The molecule has 4 nitrogen and oxygen atoms in total. The van der Waals surface area contributed by atoms with Gasteiger partial charge in [0.2, 0.25) is 0 Å². The SMILES string of the molecule is Cc1ccc(C(=O)N(Cc2cccc(Br)c2)[C@@H](Cc2ccccc2)C(=O)O)c(C)c1.